The Labute approximate surface area is 269 Å². The molecule has 0 spiro atoms. The average molecular weight is 601 g/mol. The Morgan fingerprint density at radius 1 is 0.426 bits per heavy atom. The number of hydrogen-bond acceptors (Lipinski definition) is 5. The van der Waals surface area contributed by atoms with Crippen molar-refractivity contribution in [1.82, 2.24) is 19.9 Å². The Hall–Kier alpha value is -6.46. The molecule has 1 aliphatic rings. The third kappa shape index (κ3) is 3.97. The molecule has 0 saturated heterocycles. The second-order valence-electron chi connectivity index (χ2n) is 11.8. The minimum Gasteiger partial charge on any atom is -0.454 e. The van der Waals surface area contributed by atoms with Gasteiger partial charge in [0.15, 0.2) is 23.1 Å². The van der Waals surface area contributed by atoms with Gasteiger partial charge in [-0.25, -0.2) is 15.0 Å². The maximum absolute atomic E-state index is 6.64. The van der Waals surface area contributed by atoms with E-state index in [1.807, 2.05) is 85.1 Å². The summed E-state index contributed by atoms with van der Waals surface area (Å²) >= 11 is 0. The van der Waals surface area contributed by atoms with Crippen LogP contribution in [0, 0.1) is 0 Å². The Kier molecular flexibility index (Phi) is 5.51. The zero-order valence-corrected chi connectivity index (χ0v) is 25.1. The summed E-state index contributed by atoms with van der Waals surface area (Å²) in [5.74, 6) is 1.83. The van der Waals surface area contributed by atoms with Crippen LogP contribution < -0.4 is 0 Å². The Morgan fingerprint density at radius 2 is 1.06 bits per heavy atom. The summed E-state index contributed by atoms with van der Waals surface area (Å²) in [7, 11) is 0. The molecule has 10 rings (SSSR count). The van der Waals surface area contributed by atoms with Crippen LogP contribution in [0.1, 0.15) is 0 Å². The molecule has 0 atom stereocenters. The quantitative estimate of drug-likeness (QED) is 0.201. The fourth-order valence-electron chi connectivity index (χ4n) is 7.01. The van der Waals surface area contributed by atoms with E-state index in [0.717, 1.165) is 49.9 Å². The predicted octanol–water partition coefficient (Wildman–Crippen LogP) is 10.6. The first-order valence-corrected chi connectivity index (χ1v) is 15.6. The van der Waals surface area contributed by atoms with Gasteiger partial charge in [0, 0.05) is 39.2 Å². The fraction of sp³-hybridized carbons (Fsp3) is 0. The highest BCUT2D eigenvalue weighted by molar-refractivity contribution is 6.17. The van der Waals surface area contributed by atoms with Crippen molar-refractivity contribution in [2.75, 3.05) is 0 Å². The molecule has 218 valence electrons. The van der Waals surface area contributed by atoms with Crippen molar-refractivity contribution in [3.05, 3.63) is 146 Å². The van der Waals surface area contributed by atoms with E-state index in [1.54, 1.807) is 0 Å². The van der Waals surface area contributed by atoms with Gasteiger partial charge in [0.1, 0.15) is 11.3 Å². The van der Waals surface area contributed by atoms with E-state index >= 15 is 0 Å². The monoisotopic (exact) mass is 600 g/mol. The lowest BCUT2D eigenvalue weighted by Gasteiger charge is -2.09. The summed E-state index contributed by atoms with van der Waals surface area (Å²) < 4.78 is 6.64. The Morgan fingerprint density at radius 3 is 1.79 bits per heavy atom. The van der Waals surface area contributed by atoms with Crippen molar-refractivity contribution >= 4 is 32.7 Å². The van der Waals surface area contributed by atoms with Crippen LogP contribution in [0.25, 0.3) is 100 Å². The smallest absolute Gasteiger partial charge is 0.164 e. The molecule has 0 bridgehead atoms. The number of aromatic nitrogens is 4. The van der Waals surface area contributed by atoms with Gasteiger partial charge in [-0.1, -0.05) is 121 Å². The summed E-state index contributed by atoms with van der Waals surface area (Å²) in [6.07, 6.45) is 1.87. The van der Waals surface area contributed by atoms with Gasteiger partial charge in [0.05, 0.1) is 0 Å². The number of benzene rings is 6. The number of nitrogens with zero attached hydrogens (tertiary/aromatic N) is 4. The van der Waals surface area contributed by atoms with Crippen molar-refractivity contribution in [1.29, 1.82) is 0 Å². The highest BCUT2D eigenvalue weighted by Gasteiger charge is 2.24. The minimum atomic E-state index is 0.591. The van der Waals surface area contributed by atoms with Crippen molar-refractivity contribution in [3.8, 4) is 67.7 Å². The van der Waals surface area contributed by atoms with E-state index < -0.39 is 0 Å². The molecule has 9 aromatic rings. The SMILES string of the molecule is c1ccc(-c2nc(-c3ccccc3)nc(-c3cccc4oc5c(-c6ccc7c(c6)-c6cccc8cccc-7c68)nccc5c34)n2)cc1. The fourth-order valence-corrected chi connectivity index (χ4v) is 7.01. The normalized spacial score (nSPS) is 11.8. The summed E-state index contributed by atoms with van der Waals surface area (Å²) in [4.78, 5) is 19.8. The number of furan rings is 1. The van der Waals surface area contributed by atoms with Gasteiger partial charge in [0.25, 0.3) is 0 Å². The number of hydrogen-bond donors (Lipinski definition) is 0. The number of pyridine rings is 1. The molecule has 0 N–H and O–H groups in total. The predicted molar refractivity (Wildman–Crippen MR) is 189 cm³/mol. The van der Waals surface area contributed by atoms with E-state index in [-0.39, 0.29) is 0 Å². The van der Waals surface area contributed by atoms with Crippen LogP contribution >= 0.6 is 0 Å². The van der Waals surface area contributed by atoms with Crippen molar-refractivity contribution < 1.29 is 4.42 Å². The highest BCUT2D eigenvalue weighted by atomic mass is 16.3. The van der Waals surface area contributed by atoms with Crippen LogP contribution in [0.5, 0.6) is 0 Å². The molecule has 47 heavy (non-hydrogen) atoms. The summed E-state index contributed by atoms with van der Waals surface area (Å²) in [5.41, 5.74) is 11.1. The number of fused-ring (bicyclic) bond motifs is 6. The topological polar surface area (TPSA) is 64.7 Å². The number of rotatable bonds is 4. The third-order valence-electron chi connectivity index (χ3n) is 9.13. The molecule has 1 aliphatic carbocycles. The second-order valence-corrected chi connectivity index (χ2v) is 11.8. The molecule has 3 aromatic heterocycles. The molecule has 0 aliphatic heterocycles. The maximum Gasteiger partial charge on any atom is 0.164 e. The van der Waals surface area contributed by atoms with Gasteiger partial charge in [-0.15, -0.1) is 0 Å². The van der Waals surface area contributed by atoms with Crippen LogP contribution in [0.3, 0.4) is 0 Å². The molecule has 5 heteroatoms. The minimum absolute atomic E-state index is 0.591. The van der Waals surface area contributed by atoms with Gasteiger partial charge in [-0.3, -0.25) is 4.98 Å². The highest BCUT2D eigenvalue weighted by Crippen LogP contribution is 2.49. The first-order chi connectivity index (χ1) is 23.3. The van der Waals surface area contributed by atoms with E-state index in [2.05, 4.69) is 60.7 Å². The zero-order valence-electron chi connectivity index (χ0n) is 25.1. The van der Waals surface area contributed by atoms with Crippen LogP contribution in [0.15, 0.2) is 150 Å². The summed E-state index contributed by atoms with van der Waals surface area (Å²) in [6.45, 7) is 0. The van der Waals surface area contributed by atoms with Crippen molar-refractivity contribution in [2.45, 2.75) is 0 Å². The average Bonchev–Trinajstić information content (AvgIpc) is 3.69. The molecule has 0 amide bonds. The van der Waals surface area contributed by atoms with Crippen LogP contribution in [-0.2, 0) is 0 Å². The van der Waals surface area contributed by atoms with E-state index in [9.17, 15) is 0 Å². The largest absolute Gasteiger partial charge is 0.454 e. The van der Waals surface area contributed by atoms with Gasteiger partial charge >= 0.3 is 0 Å². The molecule has 0 radical (unpaired) electrons. The third-order valence-corrected chi connectivity index (χ3v) is 9.13. The van der Waals surface area contributed by atoms with Gasteiger partial charge < -0.3 is 4.42 Å². The van der Waals surface area contributed by atoms with Crippen LogP contribution in [0.4, 0.5) is 0 Å². The second kappa shape index (κ2) is 10.0. The van der Waals surface area contributed by atoms with E-state index in [4.69, 9.17) is 24.4 Å². The lowest BCUT2D eigenvalue weighted by atomic mass is 9.98. The molecule has 3 heterocycles. The standard InChI is InChI=1S/C42H24N4O/c1-3-10-26(11-4-1)40-44-41(27-12-5-2-6-13-27)46-42(45-40)33-18-9-19-35-37(33)32-22-23-43-38(39(32)47-35)28-20-21-29-30-16-7-14-25-15-8-17-31(36(25)30)34(29)24-28/h1-24H. The Balaban J connectivity index is 1.17. The van der Waals surface area contributed by atoms with Gasteiger partial charge in [0.2, 0.25) is 0 Å². The van der Waals surface area contributed by atoms with Crippen molar-refractivity contribution in [3.63, 3.8) is 0 Å². The molecule has 6 aromatic carbocycles. The lowest BCUT2D eigenvalue weighted by molar-refractivity contribution is 0.668. The Bertz CT molecular complexity index is 2620. The van der Waals surface area contributed by atoms with E-state index in [0.29, 0.717) is 17.5 Å². The molecule has 5 nitrogen and oxygen atoms in total. The van der Waals surface area contributed by atoms with E-state index in [1.165, 1.54) is 33.0 Å². The molecule has 0 fully saturated rings. The van der Waals surface area contributed by atoms with Gasteiger partial charge in [-0.2, -0.15) is 0 Å². The first-order valence-electron chi connectivity index (χ1n) is 15.6. The zero-order chi connectivity index (χ0) is 30.9. The molecule has 0 saturated carbocycles. The van der Waals surface area contributed by atoms with Crippen LogP contribution in [0.2, 0.25) is 0 Å². The van der Waals surface area contributed by atoms with Crippen molar-refractivity contribution in [2.24, 2.45) is 0 Å². The van der Waals surface area contributed by atoms with Crippen LogP contribution in [-0.4, -0.2) is 19.9 Å². The first kappa shape index (κ1) is 25.8. The maximum atomic E-state index is 6.64. The molecular weight excluding hydrogens is 576 g/mol. The van der Waals surface area contributed by atoms with Gasteiger partial charge in [-0.05, 0) is 51.2 Å². The lowest BCUT2D eigenvalue weighted by Crippen LogP contribution is -2.00. The summed E-state index contributed by atoms with van der Waals surface area (Å²) in [6, 6.07) is 47.8. The molecule has 0 unspecified atom stereocenters. The molecular formula is C42H24N4O. The summed E-state index contributed by atoms with van der Waals surface area (Å²) in [5, 5.41) is 4.49.